The maximum Gasteiger partial charge on any atom is 0.225 e. The van der Waals surface area contributed by atoms with Gasteiger partial charge in [0.25, 0.3) is 0 Å². The van der Waals surface area contributed by atoms with Crippen molar-refractivity contribution < 1.29 is 4.79 Å². The van der Waals surface area contributed by atoms with Gasteiger partial charge in [-0.25, -0.2) is 0 Å². The van der Waals surface area contributed by atoms with E-state index in [1.807, 2.05) is 19.2 Å². The first kappa shape index (κ1) is 16.0. The molecular formula is C15H18BrN3OS. The molecule has 1 aromatic heterocycles. The largest absolute Gasteiger partial charge is 0.399 e. The van der Waals surface area contributed by atoms with Gasteiger partial charge in [0.1, 0.15) is 0 Å². The molecule has 4 nitrogen and oxygen atoms in total. The molecule has 0 aliphatic rings. The first-order valence-electron chi connectivity index (χ1n) is 6.60. The highest BCUT2D eigenvalue weighted by atomic mass is 79.9. The highest BCUT2D eigenvalue weighted by molar-refractivity contribution is 9.11. The van der Waals surface area contributed by atoms with Crippen molar-refractivity contribution >= 4 is 44.5 Å². The zero-order valence-corrected chi connectivity index (χ0v) is 14.2. The Kier molecular flexibility index (Phi) is 5.78. The van der Waals surface area contributed by atoms with Gasteiger partial charge in [-0.15, -0.1) is 11.3 Å². The van der Waals surface area contributed by atoms with Gasteiger partial charge in [0.2, 0.25) is 5.91 Å². The summed E-state index contributed by atoms with van der Waals surface area (Å²) < 4.78 is 1.13. The number of rotatable bonds is 6. The van der Waals surface area contributed by atoms with Gasteiger partial charge in [-0.2, -0.15) is 0 Å². The molecule has 0 aliphatic carbocycles. The summed E-state index contributed by atoms with van der Waals surface area (Å²) in [5.41, 5.74) is 8.32. The number of thiophene rings is 1. The number of carbonyl (C=O) groups is 1. The van der Waals surface area contributed by atoms with Crippen LogP contribution in [0.2, 0.25) is 0 Å². The van der Waals surface area contributed by atoms with Crippen molar-refractivity contribution in [3.05, 3.63) is 45.1 Å². The third-order valence-electron chi connectivity index (χ3n) is 2.97. The Bertz CT molecular complexity index is 614. The quantitative estimate of drug-likeness (QED) is 0.767. The number of nitrogens with two attached hydrogens (primary N) is 1. The molecule has 0 saturated carbocycles. The van der Waals surface area contributed by atoms with E-state index in [0.29, 0.717) is 18.7 Å². The third-order valence-corrected chi connectivity index (χ3v) is 4.52. The molecule has 0 unspecified atom stereocenters. The molecule has 2 rings (SSSR count). The fraction of sp³-hybridized carbons (Fsp3) is 0.267. The van der Waals surface area contributed by atoms with Crippen molar-refractivity contribution in [1.82, 2.24) is 4.90 Å². The molecule has 112 valence electrons. The van der Waals surface area contributed by atoms with Crippen LogP contribution >= 0.6 is 27.3 Å². The van der Waals surface area contributed by atoms with Crippen LogP contribution < -0.4 is 11.1 Å². The van der Waals surface area contributed by atoms with Crippen molar-refractivity contribution in [3.8, 4) is 0 Å². The summed E-state index contributed by atoms with van der Waals surface area (Å²) in [5.74, 6) is -0.000973. The highest BCUT2D eigenvalue weighted by Gasteiger charge is 2.07. The van der Waals surface area contributed by atoms with E-state index in [4.69, 9.17) is 5.73 Å². The molecule has 3 N–H and O–H groups in total. The summed E-state index contributed by atoms with van der Waals surface area (Å²) in [7, 11) is 2.01. The van der Waals surface area contributed by atoms with Gasteiger partial charge in [0.15, 0.2) is 0 Å². The summed E-state index contributed by atoms with van der Waals surface area (Å²) >= 11 is 5.13. The molecule has 1 amide bonds. The molecule has 0 saturated heterocycles. The number of hydrogen-bond donors (Lipinski definition) is 2. The lowest BCUT2D eigenvalue weighted by atomic mass is 10.2. The molecule has 6 heteroatoms. The monoisotopic (exact) mass is 367 g/mol. The van der Waals surface area contributed by atoms with Gasteiger partial charge < -0.3 is 16.0 Å². The Hall–Kier alpha value is -1.37. The van der Waals surface area contributed by atoms with Crippen molar-refractivity contribution in [2.75, 3.05) is 24.6 Å². The summed E-state index contributed by atoms with van der Waals surface area (Å²) in [6, 6.07) is 9.31. The van der Waals surface area contributed by atoms with E-state index in [0.717, 1.165) is 16.0 Å². The molecular weight excluding hydrogens is 350 g/mol. The van der Waals surface area contributed by atoms with Crippen molar-refractivity contribution in [2.24, 2.45) is 0 Å². The van der Waals surface area contributed by atoms with Gasteiger partial charge in [0.05, 0.1) is 3.79 Å². The van der Waals surface area contributed by atoms with Gasteiger partial charge in [0, 0.05) is 30.9 Å². The number of carbonyl (C=O) groups excluding carboxylic acids is 1. The SMILES string of the molecule is CN(CCC(=O)Nc1cccc(N)c1)Cc1csc(Br)c1. The van der Waals surface area contributed by atoms with Crippen LogP contribution in [0.15, 0.2) is 39.5 Å². The minimum atomic E-state index is -0.000973. The first-order valence-corrected chi connectivity index (χ1v) is 8.27. The Morgan fingerprint density at radius 3 is 2.90 bits per heavy atom. The lowest BCUT2D eigenvalue weighted by Gasteiger charge is -2.15. The highest BCUT2D eigenvalue weighted by Crippen LogP contribution is 2.21. The van der Waals surface area contributed by atoms with E-state index in [1.165, 1.54) is 5.56 Å². The number of benzene rings is 1. The molecule has 21 heavy (non-hydrogen) atoms. The molecule has 0 atom stereocenters. The lowest BCUT2D eigenvalue weighted by Crippen LogP contribution is -2.23. The van der Waals surface area contributed by atoms with Crippen LogP contribution in [-0.2, 0) is 11.3 Å². The van der Waals surface area contributed by atoms with E-state index in [9.17, 15) is 4.79 Å². The zero-order chi connectivity index (χ0) is 15.2. The summed E-state index contributed by atoms with van der Waals surface area (Å²) in [5, 5.41) is 4.97. The lowest BCUT2D eigenvalue weighted by molar-refractivity contribution is -0.116. The summed E-state index contributed by atoms with van der Waals surface area (Å²) in [6.07, 6.45) is 0.455. The number of anilines is 2. The molecule has 1 aromatic carbocycles. The minimum absolute atomic E-state index is 0.000973. The van der Waals surface area contributed by atoms with Crippen LogP contribution in [0, 0.1) is 0 Å². The second-order valence-corrected chi connectivity index (χ2v) is 7.21. The number of nitrogens with one attached hydrogen (secondary N) is 1. The number of hydrogen-bond acceptors (Lipinski definition) is 4. The molecule has 0 bridgehead atoms. The normalized spacial score (nSPS) is 10.8. The van der Waals surface area contributed by atoms with Crippen LogP contribution in [0.5, 0.6) is 0 Å². The standard InChI is InChI=1S/C15H18BrN3OS/c1-19(9-11-7-14(16)21-10-11)6-5-15(20)18-13-4-2-3-12(17)8-13/h2-4,7-8,10H,5-6,9,17H2,1H3,(H,18,20). The van der Waals surface area contributed by atoms with Crippen LogP contribution in [0.4, 0.5) is 11.4 Å². The Balaban J connectivity index is 1.75. The van der Waals surface area contributed by atoms with E-state index >= 15 is 0 Å². The first-order chi connectivity index (χ1) is 10.0. The van der Waals surface area contributed by atoms with E-state index in [-0.39, 0.29) is 5.91 Å². The average Bonchev–Trinajstić information content (AvgIpc) is 2.82. The number of halogens is 1. The second kappa shape index (κ2) is 7.59. The van der Waals surface area contributed by atoms with Crippen LogP contribution in [0.25, 0.3) is 0 Å². The fourth-order valence-corrected chi connectivity index (χ4v) is 3.15. The number of amides is 1. The Labute approximate surface area is 137 Å². The predicted octanol–water partition coefficient (Wildman–Crippen LogP) is 3.55. The fourth-order valence-electron chi connectivity index (χ4n) is 1.95. The van der Waals surface area contributed by atoms with Gasteiger partial charge >= 0.3 is 0 Å². The minimum Gasteiger partial charge on any atom is -0.399 e. The Morgan fingerprint density at radius 1 is 1.43 bits per heavy atom. The predicted molar refractivity (Wildman–Crippen MR) is 92.5 cm³/mol. The van der Waals surface area contributed by atoms with E-state index < -0.39 is 0 Å². The van der Waals surface area contributed by atoms with Crippen molar-refractivity contribution in [2.45, 2.75) is 13.0 Å². The third kappa shape index (κ3) is 5.49. The van der Waals surface area contributed by atoms with Gasteiger partial charge in [-0.05, 0) is 58.2 Å². The van der Waals surface area contributed by atoms with Gasteiger partial charge in [-0.3, -0.25) is 4.79 Å². The smallest absolute Gasteiger partial charge is 0.225 e. The van der Waals surface area contributed by atoms with Crippen molar-refractivity contribution in [3.63, 3.8) is 0 Å². The molecule has 2 aromatic rings. The molecule has 0 spiro atoms. The average molecular weight is 368 g/mol. The van der Waals surface area contributed by atoms with Crippen LogP contribution in [0.3, 0.4) is 0 Å². The molecule has 0 fully saturated rings. The number of nitrogen functional groups attached to an aromatic ring is 1. The van der Waals surface area contributed by atoms with Crippen molar-refractivity contribution in [1.29, 1.82) is 0 Å². The van der Waals surface area contributed by atoms with Gasteiger partial charge in [-0.1, -0.05) is 6.07 Å². The molecule has 1 heterocycles. The van der Waals surface area contributed by atoms with Crippen LogP contribution in [0.1, 0.15) is 12.0 Å². The van der Waals surface area contributed by atoms with E-state index in [1.54, 1.807) is 23.5 Å². The molecule has 0 radical (unpaired) electrons. The van der Waals surface area contributed by atoms with E-state index in [2.05, 4.69) is 37.6 Å². The second-order valence-electron chi connectivity index (χ2n) is 4.92. The zero-order valence-electron chi connectivity index (χ0n) is 11.8. The maximum atomic E-state index is 11.9. The van der Waals surface area contributed by atoms with Crippen LogP contribution in [-0.4, -0.2) is 24.4 Å². The maximum absolute atomic E-state index is 11.9. The summed E-state index contributed by atoms with van der Waals surface area (Å²) in [6.45, 7) is 1.55. The molecule has 0 aliphatic heterocycles. The summed E-state index contributed by atoms with van der Waals surface area (Å²) in [4.78, 5) is 14.0. The Morgan fingerprint density at radius 2 is 2.24 bits per heavy atom. The number of nitrogens with zero attached hydrogens (tertiary/aromatic N) is 1. The topological polar surface area (TPSA) is 58.4 Å².